The fourth-order valence-electron chi connectivity index (χ4n) is 4.17. The molecule has 1 aliphatic rings. The fourth-order valence-corrected chi connectivity index (χ4v) is 4.17. The van der Waals surface area contributed by atoms with Crippen molar-refractivity contribution in [2.45, 2.75) is 13.8 Å². The summed E-state index contributed by atoms with van der Waals surface area (Å²) in [6, 6.07) is 14.9. The molecule has 0 radical (unpaired) electrons. The molecule has 1 fully saturated rings. The van der Waals surface area contributed by atoms with Crippen molar-refractivity contribution in [3.05, 3.63) is 77.5 Å². The lowest BCUT2D eigenvalue weighted by Gasteiger charge is -2.31. The first-order valence-electron chi connectivity index (χ1n) is 10.4. The number of rotatable bonds is 4. The van der Waals surface area contributed by atoms with Crippen LogP contribution in [0.15, 0.2) is 54.6 Å². The molecule has 0 saturated carbocycles. The topological polar surface area (TPSA) is 29.7 Å². The van der Waals surface area contributed by atoms with Gasteiger partial charge in [-0.05, 0) is 37.6 Å². The zero-order valence-electron chi connectivity index (χ0n) is 17.3. The van der Waals surface area contributed by atoms with Crippen LogP contribution in [0.25, 0.3) is 16.9 Å². The molecule has 1 aromatic heterocycles. The van der Waals surface area contributed by atoms with Gasteiger partial charge in [0.2, 0.25) is 0 Å². The van der Waals surface area contributed by atoms with E-state index in [-0.39, 0.29) is 11.6 Å². The van der Waals surface area contributed by atoms with Crippen molar-refractivity contribution in [1.82, 2.24) is 9.47 Å². The Labute approximate surface area is 175 Å². The lowest BCUT2D eigenvalue weighted by Crippen LogP contribution is -3.14. The summed E-state index contributed by atoms with van der Waals surface area (Å²) in [6.07, 6.45) is 0. The van der Waals surface area contributed by atoms with Gasteiger partial charge in [-0.3, -0.25) is 4.79 Å². The summed E-state index contributed by atoms with van der Waals surface area (Å²) in [4.78, 5) is 16.7. The van der Waals surface area contributed by atoms with Crippen LogP contribution in [-0.4, -0.2) is 48.1 Å². The number of likely N-dealkylation sites (N-methyl/N-ethyl adjacent to an activating group) is 1. The number of hydrogen-bond acceptors (Lipinski definition) is 1. The standard InChI is InChI=1S/C24H25F2N3O/c1-3-27-11-13-28(14-12-27)24(30)20-16-23(18-7-5-4-6-8-18)29(17(20)2)22-10-9-19(25)15-21(22)26/h4-10,15-16H,3,11-14H2,1-2H3/p+1. The lowest BCUT2D eigenvalue weighted by atomic mass is 10.1. The quantitative estimate of drug-likeness (QED) is 0.704. The molecule has 3 aromatic rings. The Bertz CT molecular complexity index is 1050. The number of nitrogens with one attached hydrogen (secondary N) is 1. The van der Waals surface area contributed by atoms with E-state index in [1.54, 1.807) is 4.57 Å². The highest BCUT2D eigenvalue weighted by Crippen LogP contribution is 2.31. The minimum Gasteiger partial charge on any atom is -0.332 e. The highest BCUT2D eigenvalue weighted by atomic mass is 19.1. The van der Waals surface area contributed by atoms with Crippen LogP contribution in [0.1, 0.15) is 23.0 Å². The van der Waals surface area contributed by atoms with E-state index in [0.29, 0.717) is 30.0 Å². The molecular weight excluding hydrogens is 384 g/mol. The summed E-state index contributed by atoms with van der Waals surface area (Å²) in [6.45, 7) is 8.30. The van der Waals surface area contributed by atoms with Gasteiger partial charge in [-0.1, -0.05) is 30.3 Å². The molecule has 0 bridgehead atoms. The summed E-state index contributed by atoms with van der Waals surface area (Å²) in [5, 5.41) is 0. The van der Waals surface area contributed by atoms with Gasteiger partial charge in [0, 0.05) is 11.8 Å². The first-order valence-corrected chi connectivity index (χ1v) is 10.4. The molecule has 1 N–H and O–H groups in total. The SMILES string of the molecule is CC[NH+]1CCN(C(=O)c2cc(-c3ccccc3)n(-c3ccc(F)cc3F)c2C)CC1. The molecule has 4 nitrogen and oxygen atoms in total. The maximum atomic E-state index is 14.7. The molecule has 0 unspecified atom stereocenters. The van der Waals surface area contributed by atoms with Crippen LogP contribution in [-0.2, 0) is 0 Å². The van der Waals surface area contributed by atoms with Crippen molar-refractivity contribution in [2.75, 3.05) is 32.7 Å². The summed E-state index contributed by atoms with van der Waals surface area (Å²) in [7, 11) is 0. The predicted octanol–water partition coefficient (Wildman–Crippen LogP) is 3.09. The Morgan fingerprint density at radius 1 is 1.03 bits per heavy atom. The second-order valence-corrected chi connectivity index (χ2v) is 7.72. The minimum atomic E-state index is -0.662. The number of aromatic nitrogens is 1. The van der Waals surface area contributed by atoms with Crippen molar-refractivity contribution >= 4 is 5.91 Å². The largest absolute Gasteiger partial charge is 0.332 e. The number of amides is 1. The van der Waals surface area contributed by atoms with E-state index in [9.17, 15) is 13.6 Å². The van der Waals surface area contributed by atoms with Crippen molar-refractivity contribution < 1.29 is 18.5 Å². The number of nitrogens with zero attached hydrogens (tertiary/aromatic N) is 2. The Morgan fingerprint density at radius 2 is 1.73 bits per heavy atom. The molecule has 0 atom stereocenters. The first kappa shape index (κ1) is 20.3. The van der Waals surface area contributed by atoms with E-state index in [2.05, 4.69) is 6.92 Å². The van der Waals surface area contributed by atoms with Crippen LogP contribution in [0.2, 0.25) is 0 Å². The highest BCUT2D eigenvalue weighted by molar-refractivity contribution is 5.97. The molecule has 30 heavy (non-hydrogen) atoms. The number of hydrogen-bond donors (Lipinski definition) is 1. The Balaban J connectivity index is 1.80. The molecule has 6 heteroatoms. The van der Waals surface area contributed by atoms with E-state index < -0.39 is 11.6 Å². The number of carbonyl (C=O) groups excluding carboxylic acids is 1. The molecule has 0 spiro atoms. The monoisotopic (exact) mass is 410 g/mol. The normalized spacial score (nSPS) is 14.9. The number of quaternary nitrogens is 1. The highest BCUT2D eigenvalue weighted by Gasteiger charge is 2.28. The van der Waals surface area contributed by atoms with Crippen LogP contribution in [0.4, 0.5) is 8.78 Å². The van der Waals surface area contributed by atoms with E-state index in [4.69, 9.17) is 0 Å². The smallest absolute Gasteiger partial charge is 0.256 e. The molecule has 0 aliphatic carbocycles. The van der Waals surface area contributed by atoms with Gasteiger partial charge in [-0.25, -0.2) is 8.78 Å². The Kier molecular flexibility index (Phi) is 5.68. The molecule has 1 aliphatic heterocycles. The summed E-state index contributed by atoms with van der Waals surface area (Å²) in [5.41, 5.74) is 3.00. The minimum absolute atomic E-state index is 0.0406. The maximum absolute atomic E-state index is 14.7. The number of halogens is 2. The average Bonchev–Trinajstić information content (AvgIpc) is 3.11. The molecule has 4 rings (SSSR count). The van der Waals surface area contributed by atoms with Gasteiger partial charge in [-0.2, -0.15) is 0 Å². The lowest BCUT2D eigenvalue weighted by molar-refractivity contribution is -0.902. The Morgan fingerprint density at radius 3 is 2.37 bits per heavy atom. The third kappa shape index (κ3) is 3.75. The van der Waals surface area contributed by atoms with Gasteiger partial charge >= 0.3 is 0 Å². The Hall–Kier alpha value is -2.99. The summed E-state index contributed by atoms with van der Waals surface area (Å²) in [5.74, 6) is -1.33. The van der Waals surface area contributed by atoms with Crippen LogP contribution in [0.3, 0.4) is 0 Å². The molecule has 156 valence electrons. The number of carbonyl (C=O) groups is 1. The molecule has 1 saturated heterocycles. The van der Waals surface area contributed by atoms with Crippen LogP contribution >= 0.6 is 0 Å². The molecule has 2 aromatic carbocycles. The van der Waals surface area contributed by atoms with Gasteiger partial charge in [0.05, 0.1) is 49.7 Å². The maximum Gasteiger partial charge on any atom is 0.256 e. The van der Waals surface area contributed by atoms with Crippen molar-refractivity contribution in [3.8, 4) is 16.9 Å². The van der Waals surface area contributed by atoms with Gasteiger partial charge in [0.1, 0.15) is 11.6 Å². The van der Waals surface area contributed by atoms with E-state index in [1.165, 1.54) is 17.0 Å². The molecule has 2 heterocycles. The van der Waals surface area contributed by atoms with Gasteiger partial charge in [0.15, 0.2) is 0 Å². The number of benzene rings is 2. The average molecular weight is 410 g/mol. The van der Waals surface area contributed by atoms with Crippen molar-refractivity contribution in [2.24, 2.45) is 0 Å². The predicted molar refractivity (Wildman–Crippen MR) is 113 cm³/mol. The summed E-state index contributed by atoms with van der Waals surface area (Å²) < 4.78 is 29.9. The molecular formula is C24H26F2N3O+. The molecule has 1 amide bonds. The number of piperazine rings is 1. The third-order valence-electron chi connectivity index (χ3n) is 5.96. The van der Waals surface area contributed by atoms with Crippen LogP contribution < -0.4 is 4.90 Å². The van der Waals surface area contributed by atoms with Crippen molar-refractivity contribution in [3.63, 3.8) is 0 Å². The first-order chi connectivity index (χ1) is 14.5. The zero-order chi connectivity index (χ0) is 21.3. The second kappa shape index (κ2) is 8.40. The van der Waals surface area contributed by atoms with E-state index in [1.807, 2.05) is 48.2 Å². The van der Waals surface area contributed by atoms with Crippen LogP contribution in [0, 0.1) is 18.6 Å². The summed E-state index contributed by atoms with van der Waals surface area (Å²) >= 11 is 0. The van der Waals surface area contributed by atoms with Gasteiger partial charge < -0.3 is 14.4 Å². The van der Waals surface area contributed by atoms with Gasteiger partial charge in [0.25, 0.3) is 5.91 Å². The van der Waals surface area contributed by atoms with Crippen LogP contribution in [0.5, 0.6) is 0 Å². The third-order valence-corrected chi connectivity index (χ3v) is 5.96. The van der Waals surface area contributed by atoms with E-state index >= 15 is 0 Å². The zero-order valence-corrected chi connectivity index (χ0v) is 17.3. The van der Waals surface area contributed by atoms with Crippen molar-refractivity contribution in [1.29, 1.82) is 0 Å². The second-order valence-electron chi connectivity index (χ2n) is 7.72. The van der Waals surface area contributed by atoms with Gasteiger partial charge in [-0.15, -0.1) is 0 Å². The fraction of sp³-hybridized carbons (Fsp3) is 0.292. The van der Waals surface area contributed by atoms with E-state index in [0.717, 1.165) is 31.3 Å².